The zero-order valence-electron chi connectivity index (χ0n) is 14.2. The number of aryl methyl sites for hydroxylation is 1. The summed E-state index contributed by atoms with van der Waals surface area (Å²) in [5, 5.41) is 2.92. The van der Waals surface area contributed by atoms with Gasteiger partial charge in [-0.05, 0) is 31.2 Å². The average Bonchev–Trinajstić information content (AvgIpc) is 3.23. The number of carbonyl (C=O) groups is 2. The summed E-state index contributed by atoms with van der Waals surface area (Å²) < 4.78 is 0. The van der Waals surface area contributed by atoms with Crippen LogP contribution in [0.4, 0.5) is 0 Å². The van der Waals surface area contributed by atoms with E-state index in [2.05, 4.69) is 18.8 Å². The van der Waals surface area contributed by atoms with Crippen molar-refractivity contribution >= 4 is 34.4 Å². The second-order valence-corrected chi connectivity index (χ2v) is 8.53. The summed E-state index contributed by atoms with van der Waals surface area (Å²) >= 11 is 2.97. The molecule has 128 valence electrons. The molecule has 3 rings (SSSR count). The van der Waals surface area contributed by atoms with E-state index < -0.39 is 0 Å². The third-order valence-corrected chi connectivity index (χ3v) is 6.68. The Labute approximate surface area is 150 Å². The summed E-state index contributed by atoms with van der Waals surface area (Å²) in [5.74, 6) is 0.441. The first-order chi connectivity index (χ1) is 11.5. The number of thiazole rings is 1. The Morgan fingerprint density at radius 2 is 2.17 bits per heavy atom. The van der Waals surface area contributed by atoms with E-state index in [1.807, 2.05) is 29.3 Å². The highest BCUT2D eigenvalue weighted by Gasteiger charge is 2.31. The van der Waals surface area contributed by atoms with Crippen molar-refractivity contribution in [3.63, 3.8) is 0 Å². The first-order valence-corrected chi connectivity index (χ1v) is 10.0. The quantitative estimate of drug-likeness (QED) is 0.759. The predicted octanol–water partition coefficient (Wildman–Crippen LogP) is 4.37. The van der Waals surface area contributed by atoms with Gasteiger partial charge in [0.15, 0.2) is 5.78 Å². The number of nitrogens with zero attached hydrogens (tertiary/aromatic N) is 2. The van der Waals surface area contributed by atoms with Gasteiger partial charge < -0.3 is 4.90 Å². The Balaban J connectivity index is 1.75. The zero-order valence-corrected chi connectivity index (χ0v) is 15.9. The molecular formula is C18H22N2O2S2. The third kappa shape index (κ3) is 3.44. The number of hydrogen-bond donors (Lipinski definition) is 0. The molecule has 1 atom stereocenters. The van der Waals surface area contributed by atoms with E-state index in [0.717, 1.165) is 39.8 Å². The molecule has 0 unspecified atom stereocenters. The minimum atomic E-state index is -0.0841. The van der Waals surface area contributed by atoms with Crippen LogP contribution in [-0.2, 0) is 0 Å². The summed E-state index contributed by atoms with van der Waals surface area (Å²) in [6.45, 7) is 7.31. The summed E-state index contributed by atoms with van der Waals surface area (Å²) in [6.07, 6.45) is 1.74. The molecule has 1 saturated heterocycles. The highest BCUT2D eigenvalue weighted by atomic mass is 32.1. The molecule has 4 nitrogen and oxygen atoms in total. The van der Waals surface area contributed by atoms with Gasteiger partial charge >= 0.3 is 0 Å². The summed E-state index contributed by atoms with van der Waals surface area (Å²) in [6, 6.07) is 3.77. The molecule has 2 aromatic heterocycles. The molecule has 0 spiro atoms. The SMILES string of the molecule is Cc1nc(C(C)C)sc1C(=O)N1CCC[C@@H](C(=O)c2cccs2)C1. The molecule has 2 aromatic rings. The van der Waals surface area contributed by atoms with Gasteiger partial charge in [-0.25, -0.2) is 4.98 Å². The first-order valence-electron chi connectivity index (χ1n) is 8.31. The Morgan fingerprint density at radius 3 is 2.79 bits per heavy atom. The van der Waals surface area contributed by atoms with E-state index in [9.17, 15) is 9.59 Å². The molecule has 0 aromatic carbocycles. The van der Waals surface area contributed by atoms with Crippen LogP contribution in [0.5, 0.6) is 0 Å². The number of hydrogen-bond acceptors (Lipinski definition) is 5. The minimum Gasteiger partial charge on any atom is -0.337 e. The lowest BCUT2D eigenvalue weighted by Crippen LogP contribution is -2.42. The standard InChI is InChI=1S/C18H22N2O2S2/c1-11(2)17-19-12(3)16(24-17)18(22)20-8-4-6-13(10-20)15(21)14-7-5-9-23-14/h5,7,9,11,13H,4,6,8,10H2,1-3H3/t13-/m1/s1. The molecule has 1 aliphatic heterocycles. The smallest absolute Gasteiger partial charge is 0.265 e. The van der Waals surface area contributed by atoms with E-state index in [-0.39, 0.29) is 17.6 Å². The molecular weight excluding hydrogens is 340 g/mol. The monoisotopic (exact) mass is 362 g/mol. The van der Waals surface area contributed by atoms with Gasteiger partial charge in [0, 0.05) is 24.9 Å². The van der Waals surface area contributed by atoms with Crippen LogP contribution < -0.4 is 0 Å². The van der Waals surface area contributed by atoms with E-state index >= 15 is 0 Å². The van der Waals surface area contributed by atoms with Gasteiger partial charge in [-0.3, -0.25) is 9.59 Å². The van der Waals surface area contributed by atoms with Crippen LogP contribution in [0.1, 0.15) is 62.7 Å². The Bertz CT molecular complexity index is 734. The molecule has 0 saturated carbocycles. The predicted molar refractivity (Wildman–Crippen MR) is 98.2 cm³/mol. The average molecular weight is 363 g/mol. The summed E-state index contributed by atoms with van der Waals surface area (Å²) in [4.78, 5) is 33.4. The second kappa shape index (κ2) is 7.15. The van der Waals surface area contributed by atoms with Gasteiger partial charge in [-0.2, -0.15) is 0 Å². The van der Waals surface area contributed by atoms with Crippen molar-refractivity contribution in [2.45, 2.75) is 39.5 Å². The summed E-state index contributed by atoms with van der Waals surface area (Å²) in [7, 11) is 0. The van der Waals surface area contributed by atoms with Crippen LogP contribution in [0.2, 0.25) is 0 Å². The van der Waals surface area contributed by atoms with E-state index in [1.165, 1.54) is 22.7 Å². The van der Waals surface area contributed by atoms with Crippen molar-refractivity contribution in [2.24, 2.45) is 5.92 Å². The maximum absolute atomic E-state index is 12.9. The lowest BCUT2D eigenvalue weighted by molar-refractivity contribution is 0.0641. The fourth-order valence-electron chi connectivity index (χ4n) is 3.00. The van der Waals surface area contributed by atoms with Crippen LogP contribution in [0.25, 0.3) is 0 Å². The largest absolute Gasteiger partial charge is 0.337 e. The maximum Gasteiger partial charge on any atom is 0.265 e. The molecule has 0 N–H and O–H groups in total. The van der Waals surface area contributed by atoms with Crippen molar-refractivity contribution < 1.29 is 9.59 Å². The number of ketones is 1. The van der Waals surface area contributed by atoms with Crippen LogP contribution in [-0.4, -0.2) is 34.7 Å². The van der Waals surface area contributed by atoms with E-state index in [4.69, 9.17) is 0 Å². The zero-order chi connectivity index (χ0) is 17.3. The van der Waals surface area contributed by atoms with Crippen molar-refractivity contribution in [1.29, 1.82) is 0 Å². The third-order valence-electron chi connectivity index (χ3n) is 4.34. The fraction of sp³-hybridized carbons (Fsp3) is 0.500. The minimum absolute atomic E-state index is 0.0283. The highest BCUT2D eigenvalue weighted by Crippen LogP contribution is 2.28. The van der Waals surface area contributed by atoms with Gasteiger partial charge in [0.1, 0.15) is 4.88 Å². The molecule has 0 bridgehead atoms. The van der Waals surface area contributed by atoms with Gasteiger partial charge in [-0.1, -0.05) is 19.9 Å². The van der Waals surface area contributed by atoms with Crippen molar-refractivity contribution in [2.75, 3.05) is 13.1 Å². The number of aromatic nitrogens is 1. The lowest BCUT2D eigenvalue weighted by atomic mass is 9.93. The number of carbonyl (C=O) groups excluding carboxylic acids is 2. The molecule has 0 aliphatic carbocycles. The van der Waals surface area contributed by atoms with Crippen molar-refractivity contribution in [3.8, 4) is 0 Å². The first kappa shape index (κ1) is 17.3. The summed E-state index contributed by atoms with van der Waals surface area (Å²) in [5.41, 5.74) is 0.806. The maximum atomic E-state index is 12.9. The molecule has 3 heterocycles. The Morgan fingerprint density at radius 1 is 1.38 bits per heavy atom. The van der Waals surface area contributed by atoms with E-state index in [0.29, 0.717) is 12.5 Å². The second-order valence-electron chi connectivity index (χ2n) is 6.55. The van der Waals surface area contributed by atoms with Gasteiger partial charge in [0.05, 0.1) is 15.6 Å². The molecule has 6 heteroatoms. The van der Waals surface area contributed by atoms with E-state index in [1.54, 1.807) is 0 Å². The number of amides is 1. The Hall–Kier alpha value is -1.53. The number of piperidine rings is 1. The van der Waals surface area contributed by atoms with Crippen LogP contribution >= 0.6 is 22.7 Å². The number of rotatable bonds is 4. The van der Waals surface area contributed by atoms with Gasteiger partial charge in [-0.15, -0.1) is 22.7 Å². The van der Waals surface area contributed by atoms with Crippen LogP contribution in [0.15, 0.2) is 17.5 Å². The molecule has 0 radical (unpaired) electrons. The van der Waals surface area contributed by atoms with Gasteiger partial charge in [0.2, 0.25) is 0 Å². The molecule has 1 fully saturated rings. The van der Waals surface area contributed by atoms with Crippen LogP contribution in [0, 0.1) is 12.8 Å². The topological polar surface area (TPSA) is 50.3 Å². The number of likely N-dealkylation sites (tertiary alicyclic amines) is 1. The Kier molecular flexibility index (Phi) is 5.15. The van der Waals surface area contributed by atoms with Crippen LogP contribution in [0.3, 0.4) is 0 Å². The molecule has 24 heavy (non-hydrogen) atoms. The number of Topliss-reactive ketones (excluding diaryl/α,β-unsaturated/α-hetero) is 1. The highest BCUT2D eigenvalue weighted by molar-refractivity contribution is 7.14. The fourth-order valence-corrected chi connectivity index (χ4v) is 4.78. The lowest BCUT2D eigenvalue weighted by Gasteiger charge is -2.31. The molecule has 1 aliphatic rings. The number of thiophene rings is 1. The van der Waals surface area contributed by atoms with Gasteiger partial charge in [0.25, 0.3) is 5.91 Å². The normalized spacial score (nSPS) is 18.2. The van der Waals surface area contributed by atoms with Crippen molar-refractivity contribution in [1.82, 2.24) is 9.88 Å². The molecule has 1 amide bonds. The van der Waals surface area contributed by atoms with Crippen molar-refractivity contribution in [3.05, 3.63) is 38.0 Å².